The summed E-state index contributed by atoms with van der Waals surface area (Å²) in [5, 5.41) is 16.5. The summed E-state index contributed by atoms with van der Waals surface area (Å²) in [5.74, 6) is -4.71. The van der Waals surface area contributed by atoms with E-state index in [0.29, 0.717) is 0 Å². The van der Waals surface area contributed by atoms with Gasteiger partial charge in [-0.25, -0.2) is 14.4 Å². The van der Waals surface area contributed by atoms with E-state index in [1.165, 1.54) is 0 Å². The largest absolute Gasteiger partial charge is 0.391 e. The first-order valence-electron chi connectivity index (χ1n) is 4.28. The second kappa shape index (κ2) is 7.25. The molecule has 0 heterocycles. The van der Waals surface area contributed by atoms with Crippen LogP contribution in [0.3, 0.4) is 0 Å². The van der Waals surface area contributed by atoms with Crippen LogP contribution in [0, 0.1) is 0 Å². The Kier molecular flexibility index (Phi) is 6.37. The van der Waals surface area contributed by atoms with Gasteiger partial charge in [-0.2, -0.15) is 0 Å². The first-order valence-corrected chi connectivity index (χ1v) is 4.28. The van der Waals surface area contributed by atoms with Gasteiger partial charge in [-0.15, -0.1) is 0 Å². The van der Waals surface area contributed by atoms with Gasteiger partial charge in [0, 0.05) is 5.57 Å². The average molecular weight is 246 g/mol. The van der Waals surface area contributed by atoms with Gasteiger partial charge in [0.25, 0.3) is 0 Å². The van der Waals surface area contributed by atoms with E-state index in [1.807, 2.05) is 0 Å². The number of hydrogen-bond donors (Lipinski definition) is 2. The number of aliphatic hydroxyl groups excluding tert-OH is 2. The summed E-state index contributed by atoms with van der Waals surface area (Å²) < 4.78 is 8.04. The van der Waals surface area contributed by atoms with Crippen LogP contribution in [0.4, 0.5) is 0 Å². The maximum Gasteiger partial charge on any atom is 0.341 e. The van der Waals surface area contributed by atoms with Crippen molar-refractivity contribution >= 4 is 23.9 Å². The van der Waals surface area contributed by atoms with Crippen LogP contribution < -0.4 is 0 Å². The Hall–Kier alpha value is -2.06. The smallest absolute Gasteiger partial charge is 0.341 e. The molecule has 0 unspecified atom stereocenters. The highest BCUT2D eigenvalue weighted by atomic mass is 16.6. The second-order valence-corrected chi connectivity index (χ2v) is 2.70. The molecule has 0 radical (unpaired) electrons. The molecule has 0 amide bonds. The van der Waals surface area contributed by atoms with Crippen molar-refractivity contribution in [3.63, 3.8) is 0 Å². The van der Waals surface area contributed by atoms with Gasteiger partial charge in [-0.3, -0.25) is 4.79 Å². The predicted octanol–water partition coefficient (Wildman–Crippen LogP) is -1.94. The van der Waals surface area contributed by atoms with Crippen LogP contribution in [0.2, 0.25) is 0 Å². The average Bonchev–Trinajstić information content (AvgIpc) is 2.28. The number of carbonyl (C=O) groups is 4. The van der Waals surface area contributed by atoms with E-state index in [0.717, 1.165) is 0 Å². The third-order valence-corrected chi connectivity index (χ3v) is 1.34. The topological polar surface area (TPSA) is 127 Å². The Morgan fingerprint density at radius 2 is 1.35 bits per heavy atom. The fourth-order valence-corrected chi connectivity index (χ4v) is 0.650. The third-order valence-electron chi connectivity index (χ3n) is 1.34. The van der Waals surface area contributed by atoms with E-state index in [2.05, 4.69) is 16.1 Å². The SMILES string of the molecule is C=C(CC(=O)OC(=O)CO)C(=O)OC(=O)CO. The Labute approximate surface area is 95.4 Å². The molecule has 0 rings (SSSR count). The van der Waals surface area contributed by atoms with Crippen molar-refractivity contribution in [2.45, 2.75) is 6.42 Å². The normalized spacial score (nSPS) is 9.29. The van der Waals surface area contributed by atoms with Crippen LogP contribution in [-0.4, -0.2) is 47.3 Å². The highest BCUT2D eigenvalue weighted by Crippen LogP contribution is 2.03. The van der Waals surface area contributed by atoms with E-state index in [9.17, 15) is 19.2 Å². The molecule has 0 aliphatic heterocycles. The molecule has 8 heteroatoms. The van der Waals surface area contributed by atoms with E-state index >= 15 is 0 Å². The first-order chi connectivity index (χ1) is 7.90. The van der Waals surface area contributed by atoms with Crippen molar-refractivity contribution < 1.29 is 38.9 Å². The number of aliphatic hydroxyl groups is 2. The Morgan fingerprint density at radius 3 is 1.82 bits per heavy atom. The molecule has 2 N–H and O–H groups in total. The molecule has 0 aliphatic rings. The summed E-state index contributed by atoms with van der Waals surface area (Å²) in [5.41, 5.74) is -0.428. The number of carbonyl (C=O) groups excluding carboxylic acids is 4. The van der Waals surface area contributed by atoms with Gasteiger partial charge in [0.2, 0.25) is 0 Å². The van der Waals surface area contributed by atoms with Gasteiger partial charge in [0.05, 0.1) is 6.42 Å². The highest BCUT2D eigenvalue weighted by Gasteiger charge is 2.18. The number of ether oxygens (including phenoxy) is 2. The molecule has 8 nitrogen and oxygen atoms in total. The van der Waals surface area contributed by atoms with Gasteiger partial charge >= 0.3 is 23.9 Å². The minimum absolute atomic E-state index is 0.428. The summed E-state index contributed by atoms with van der Waals surface area (Å²) in [7, 11) is 0. The lowest BCUT2D eigenvalue weighted by Crippen LogP contribution is -2.20. The van der Waals surface area contributed by atoms with Crippen molar-refractivity contribution in [2.75, 3.05) is 13.2 Å². The molecule has 0 aliphatic carbocycles. The van der Waals surface area contributed by atoms with Crippen LogP contribution >= 0.6 is 0 Å². The summed E-state index contributed by atoms with van der Waals surface area (Å²) in [4.78, 5) is 42.9. The highest BCUT2D eigenvalue weighted by molar-refractivity contribution is 6.00. The van der Waals surface area contributed by atoms with E-state index in [1.54, 1.807) is 0 Å². The van der Waals surface area contributed by atoms with Crippen LogP contribution in [0.5, 0.6) is 0 Å². The number of rotatable bonds is 5. The Morgan fingerprint density at radius 1 is 0.882 bits per heavy atom. The molecule has 17 heavy (non-hydrogen) atoms. The zero-order valence-corrected chi connectivity index (χ0v) is 8.67. The summed E-state index contributed by atoms with van der Waals surface area (Å²) in [6.07, 6.45) is -0.677. The minimum atomic E-state index is -1.21. The van der Waals surface area contributed by atoms with Crippen molar-refractivity contribution in [1.29, 1.82) is 0 Å². The van der Waals surface area contributed by atoms with Crippen molar-refractivity contribution in [3.05, 3.63) is 12.2 Å². The lowest BCUT2D eigenvalue weighted by molar-refractivity contribution is -0.164. The molecular formula is C9H10O8. The van der Waals surface area contributed by atoms with Gasteiger partial charge in [0.15, 0.2) is 0 Å². The molecular weight excluding hydrogens is 236 g/mol. The van der Waals surface area contributed by atoms with E-state index < -0.39 is 49.1 Å². The van der Waals surface area contributed by atoms with Crippen molar-refractivity contribution in [2.24, 2.45) is 0 Å². The number of esters is 4. The lowest BCUT2D eigenvalue weighted by atomic mass is 10.2. The van der Waals surface area contributed by atoms with Gasteiger partial charge in [-0.1, -0.05) is 6.58 Å². The van der Waals surface area contributed by atoms with Crippen LogP contribution in [0.25, 0.3) is 0 Å². The Bertz CT molecular complexity index is 356. The maximum atomic E-state index is 11.0. The lowest BCUT2D eigenvalue weighted by Gasteiger charge is -2.03. The van der Waals surface area contributed by atoms with Crippen LogP contribution in [0.15, 0.2) is 12.2 Å². The molecule has 0 aromatic carbocycles. The fraction of sp³-hybridized carbons (Fsp3) is 0.333. The quantitative estimate of drug-likeness (QED) is 0.325. The van der Waals surface area contributed by atoms with Gasteiger partial charge in [0.1, 0.15) is 13.2 Å². The van der Waals surface area contributed by atoms with Gasteiger partial charge in [-0.05, 0) is 0 Å². The zero-order valence-electron chi connectivity index (χ0n) is 8.67. The van der Waals surface area contributed by atoms with E-state index in [4.69, 9.17) is 10.2 Å². The molecule has 0 spiro atoms. The standard InChI is InChI=1S/C9H10O8/c1-5(9(15)17-8(14)4-11)2-6(12)16-7(13)3-10/h10-11H,1-4H2. The molecule has 0 atom stereocenters. The molecule has 0 saturated heterocycles. The van der Waals surface area contributed by atoms with Crippen LogP contribution in [-0.2, 0) is 28.7 Å². The zero-order chi connectivity index (χ0) is 13.4. The third kappa shape index (κ3) is 6.17. The molecule has 94 valence electrons. The second-order valence-electron chi connectivity index (χ2n) is 2.70. The van der Waals surface area contributed by atoms with Gasteiger partial charge < -0.3 is 19.7 Å². The first kappa shape index (κ1) is 14.9. The number of hydrogen-bond acceptors (Lipinski definition) is 8. The molecule has 0 aromatic rings. The van der Waals surface area contributed by atoms with Crippen LogP contribution in [0.1, 0.15) is 6.42 Å². The fourth-order valence-electron chi connectivity index (χ4n) is 0.650. The molecule has 0 bridgehead atoms. The van der Waals surface area contributed by atoms with E-state index in [-0.39, 0.29) is 0 Å². The monoisotopic (exact) mass is 246 g/mol. The van der Waals surface area contributed by atoms with Crippen molar-refractivity contribution in [1.82, 2.24) is 0 Å². The summed E-state index contributed by atoms with van der Waals surface area (Å²) >= 11 is 0. The molecule has 0 aromatic heterocycles. The Balaban J connectivity index is 4.17. The van der Waals surface area contributed by atoms with Crippen molar-refractivity contribution in [3.8, 4) is 0 Å². The summed E-state index contributed by atoms with van der Waals surface area (Å²) in [6.45, 7) is 1.16. The predicted molar refractivity (Wildman–Crippen MR) is 50.1 cm³/mol. The maximum absolute atomic E-state index is 11.0. The summed E-state index contributed by atoms with van der Waals surface area (Å²) in [6, 6.07) is 0. The molecule has 0 saturated carbocycles. The molecule has 0 fully saturated rings. The minimum Gasteiger partial charge on any atom is -0.391 e.